The summed E-state index contributed by atoms with van der Waals surface area (Å²) in [4.78, 5) is 13.5. The number of nitrogens with one attached hydrogen (secondary N) is 1. The molecule has 0 fully saturated rings. The molecule has 1 N–H and O–H groups in total. The lowest BCUT2D eigenvalue weighted by Crippen LogP contribution is -2.28. The lowest BCUT2D eigenvalue weighted by Gasteiger charge is -2.14. The van der Waals surface area contributed by atoms with Crippen LogP contribution in [-0.4, -0.2) is 47.4 Å². The summed E-state index contributed by atoms with van der Waals surface area (Å²) in [5, 5.41) is 18.7. The number of benzene rings is 1. The van der Waals surface area contributed by atoms with Gasteiger partial charge in [-0.3, -0.25) is 4.79 Å². The Morgan fingerprint density at radius 3 is 2.52 bits per heavy atom. The van der Waals surface area contributed by atoms with E-state index in [1.54, 1.807) is 37.7 Å². The van der Waals surface area contributed by atoms with Gasteiger partial charge in [0.05, 0.1) is 21.3 Å². The maximum atomic E-state index is 12.2. The van der Waals surface area contributed by atoms with E-state index in [4.69, 9.17) is 14.2 Å². The lowest BCUT2D eigenvalue weighted by molar-refractivity contribution is -0.122. The molecule has 0 aliphatic carbocycles. The second-order valence-corrected chi connectivity index (χ2v) is 6.25. The minimum atomic E-state index is -0.238. The summed E-state index contributed by atoms with van der Waals surface area (Å²) in [6.07, 6.45) is 0. The van der Waals surface area contributed by atoms with E-state index in [0.29, 0.717) is 29.6 Å². The van der Waals surface area contributed by atoms with E-state index in [1.807, 2.05) is 16.8 Å². The van der Waals surface area contributed by atoms with E-state index in [-0.39, 0.29) is 12.5 Å². The SMILES string of the molecule is COc1cc(CNC(=O)Cn2nnc(-c3ccsc3)n2)cc(OC)c1OC. The van der Waals surface area contributed by atoms with Gasteiger partial charge >= 0.3 is 0 Å². The number of hydrogen-bond donors (Lipinski definition) is 1. The molecule has 0 radical (unpaired) electrons. The van der Waals surface area contributed by atoms with Crippen LogP contribution in [0.1, 0.15) is 5.56 Å². The zero-order valence-corrected chi connectivity index (χ0v) is 15.9. The van der Waals surface area contributed by atoms with Gasteiger partial charge in [-0.15, -0.1) is 10.2 Å². The quantitative estimate of drug-likeness (QED) is 0.626. The van der Waals surface area contributed by atoms with Crippen LogP contribution in [0.3, 0.4) is 0 Å². The fraction of sp³-hybridized carbons (Fsp3) is 0.294. The molecule has 142 valence electrons. The average Bonchev–Trinajstić information content (AvgIpc) is 3.37. The number of amides is 1. The normalized spacial score (nSPS) is 10.5. The minimum absolute atomic E-state index is 0.0262. The Bertz CT molecular complexity index is 885. The third kappa shape index (κ3) is 4.34. The van der Waals surface area contributed by atoms with Crippen molar-refractivity contribution in [3.8, 4) is 28.6 Å². The summed E-state index contributed by atoms with van der Waals surface area (Å²) < 4.78 is 15.9. The summed E-state index contributed by atoms with van der Waals surface area (Å²) in [5.41, 5.74) is 1.69. The van der Waals surface area contributed by atoms with Crippen molar-refractivity contribution in [2.24, 2.45) is 0 Å². The Labute approximate surface area is 159 Å². The first-order valence-corrected chi connectivity index (χ1v) is 8.94. The standard InChI is InChI=1S/C17H19N5O4S/c1-24-13-6-11(7-14(25-2)16(13)26-3)8-18-15(23)9-22-20-17(19-21-22)12-4-5-27-10-12/h4-7,10H,8-9H2,1-3H3,(H,18,23). The molecule has 3 rings (SSSR count). The number of carbonyl (C=O) groups is 1. The Morgan fingerprint density at radius 2 is 1.93 bits per heavy atom. The molecule has 10 heteroatoms. The second kappa shape index (κ2) is 8.49. The van der Waals surface area contributed by atoms with Gasteiger partial charge in [0, 0.05) is 17.5 Å². The molecule has 0 saturated heterocycles. The van der Waals surface area contributed by atoms with Gasteiger partial charge in [0.15, 0.2) is 11.5 Å². The Morgan fingerprint density at radius 1 is 1.19 bits per heavy atom. The van der Waals surface area contributed by atoms with E-state index in [1.165, 1.54) is 11.9 Å². The van der Waals surface area contributed by atoms with Crippen molar-refractivity contribution in [2.75, 3.05) is 21.3 Å². The van der Waals surface area contributed by atoms with Gasteiger partial charge in [0.1, 0.15) is 6.54 Å². The number of tetrazole rings is 1. The molecular formula is C17H19N5O4S. The molecule has 0 aliphatic rings. The van der Waals surface area contributed by atoms with Crippen LogP contribution in [0.5, 0.6) is 17.2 Å². The first kappa shape index (κ1) is 18.6. The summed E-state index contributed by atoms with van der Waals surface area (Å²) >= 11 is 1.55. The highest BCUT2D eigenvalue weighted by Crippen LogP contribution is 2.38. The van der Waals surface area contributed by atoms with E-state index in [0.717, 1.165) is 11.1 Å². The highest BCUT2D eigenvalue weighted by molar-refractivity contribution is 7.08. The van der Waals surface area contributed by atoms with Crippen molar-refractivity contribution in [3.05, 3.63) is 34.5 Å². The smallest absolute Gasteiger partial charge is 0.243 e. The predicted octanol–water partition coefficient (Wildman–Crippen LogP) is 1.74. The number of rotatable bonds is 8. The van der Waals surface area contributed by atoms with Crippen LogP contribution in [0, 0.1) is 0 Å². The Balaban J connectivity index is 1.62. The van der Waals surface area contributed by atoms with E-state index in [9.17, 15) is 4.79 Å². The number of thiophene rings is 1. The molecule has 0 spiro atoms. The van der Waals surface area contributed by atoms with Gasteiger partial charge in [0.2, 0.25) is 17.5 Å². The molecule has 3 aromatic rings. The largest absolute Gasteiger partial charge is 0.493 e. The Hall–Kier alpha value is -3.14. The summed E-state index contributed by atoms with van der Waals surface area (Å²) in [7, 11) is 4.62. The molecule has 1 aromatic carbocycles. The third-order valence-electron chi connectivity index (χ3n) is 3.73. The van der Waals surface area contributed by atoms with Crippen LogP contribution in [0.15, 0.2) is 29.0 Å². The molecule has 2 aromatic heterocycles. The molecule has 0 bridgehead atoms. The topological polar surface area (TPSA) is 100 Å². The van der Waals surface area contributed by atoms with E-state index < -0.39 is 0 Å². The number of nitrogens with zero attached hydrogens (tertiary/aromatic N) is 4. The van der Waals surface area contributed by atoms with Crippen molar-refractivity contribution in [1.29, 1.82) is 0 Å². The number of aromatic nitrogens is 4. The third-order valence-corrected chi connectivity index (χ3v) is 4.41. The summed E-state index contributed by atoms with van der Waals surface area (Å²) in [6, 6.07) is 5.46. The number of hydrogen-bond acceptors (Lipinski definition) is 8. The van der Waals surface area contributed by atoms with Crippen LogP contribution >= 0.6 is 11.3 Å². The average molecular weight is 389 g/mol. The molecule has 9 nitrogen and oxygen atoms in total. The maximum absolute atomic E-state index is 12.2. The minimum Gasteiger partial charge on any atom is -0.493 e. The first-order valence-electron chi connectivity index (χ1n) is 8.00. The molecule has 0 saturated carbocycles. The zero-order valence-electron chi connectivity index (χ0n) is 15.1. The van der Waals surface area contributed by atoms with Crippen molar-refractivity contribution in [2.45, 2.75) is 13.1 Å². The fourth-order valence-electron chi connectivity index (χ4n) is 2.44. The van der Waals surface area contributed by atoms with Crippen molar-refractivity contribution in [3.63, 3.8) is 0 Å². The van der Waals surface area contributed by atoms with Crippen molar-refractivity contribution < 1.29 is 19.0 Å². The van der Waals surface area contributed by atoms with Gasteiger partial charge in [-0.25, -0.2) is 0 Å². The highest BCUT2D eigenvalue weighted by atomic mass is 32.1. The second-order valence-electron chi connectivity index (χ2n) is 5.47. The summed E-state index contributed by atoms with van der Waals surface area (Å²) in [5.74, 6) is 1.81. The predicted molar refractivity (Wildman–Crippen MR) is 99.1 cm³/mol. The fourth-order valence-corrected chi connectivity index (χ4v) is 3.07. The molecule has 27 heavy (non-hydrogen) atoms. The zero-order chi connectivity index (χ0) is 19.2. The van der Waals surface area contributed by atoms with Gasteiger partial charge in [-0.2, -0.15) is 16.1 Å². The van der Waals surface area contributed by atoms with Crippen LogP contribution in [-0.2, 0) is 17.9 Å². The molecule has 1 amide bonds. The van der Waals surface area contributed by atoms with Crippen LogP contribution in [0.2, 0.25) is 0 Å². The highest BCUT2D eigenvalue weighted by Gasteiger charge is 2.14. The molecule has 0 unspecified atom stereocenters. The lowest BCUT2D eigenvalue weighted by atomic mass is 10.1. The van der Waals surface area contributed by atoms with Crippen molar-refractivity contribution >= 4 is 17.2 Å². The van der Waals surface area contributed by atoms with Gasteiger partial charge in [-0.05, 0) is 34.4 Å². The number of carbonyl (C=O) groups excluding carboxylic acids is 1. The summed E-state index contributed by atoms with van der Waals surface area (Å²) in [6.45, 7) is 0.267. The Kier molecular flexibility index (Phi) is 5.87. The number of ether oxygens (including phenoxy) is 3. The molecule has 0 atom stereocenters. The van der Waals surface area contributed by atoms with Crippen LogP contribution in [0.25, 0.3) is 11.4 Å². The van der Waals surface area contributed by atoms with Crippen LogP contribution in [0.4, 0.5) is 0 Å². The first-order chi connectivity index (χ1) is 13.1. The van der Waals surface area contributed by atoms with Crippen LogP contribution < -0.4 is 19.5 Å². The molecular weight excluding hydrogens is 370 g/mol. The van der Waals surface area contributed by atoms with Gasteiger partial charge in [0.25, 0.3) is 0 Å². The molecule has 2 heterocycles. The van der Waals surface area contributed by atoms with Crippen molar-refractivity contribution in [1.82, 2.24) is 25.5 Å². The van der Waals surface area contributed by atoms with E-state index in [2.05, 4.69) is 20.7 Å². The van der Waals surface area contributed by atoms with Gasteiger partial charge in [-0.1, -0.05) is 0 Å². The molecule has 0 aliphatic heterocycles. The number of methoxy groups -OCH3 is 3. The maximum Gasteiger partial charge on any atom is 0.243 e. The van der Waals surface area contributed by atoms with Gasteiger partial charge < -0.3 is 19.5 Å². The monoisotopic (exact) mass is 389 g/mol. The van der Waals surface area contributed by atoms with E-state index >= 15 is 0 Å².